The summed E-state index contributed by atoms with van der Waals surface area (Å²) in [5, 5.41) is 0. The first kappa shape index (κ1) is 14.5. The fraction of sp³-hybridized carbons (Fsp3) is 0.235. The van der Waals surface area contributed by atoms with E-state index in [9.17, 15) is 4.79 Å². The van der Waals surface area contributed by atoms with Gasteiger partial charge in [-0.25, -0.2) is 4.79 Å². The van der Waals surface area contributed by atoms with Crippen LogP contribution in [-0.2, 0) is 9.47 Å². The second-order valence-electron chi connectivity index (χ2n) is 5.90. The third kappa shape index (κ3) is 1.94. The number of halogens is 2. The molecule has 6 heteroatoms. The summed E-state index contributed by atoms with van der Waals surface area (Å²) in [6, 6.07) is 11.9. The highest BCUT2D eigenvalue weighted by Gasteiger charge is 2.62. The molecule has 2 bridgehead atoms. The molecule has 3 aliphatic rings. The van der Waals surface area contributed by atoms with Gasteiger partial charge in [0.1, 0.15) is 11.3 Å². The predicted octanol–water partition coefficient (Wildman–Crippen LogP) is 4.36. The Morgan fingerprint density at radius 2 is 1.87 bits per heavy atom. The molecule has 1 spiro atoms. The summed E-state index contributed by atoms with van der Waals surface area (Å²) in [6.07, 6.45) is 0.0887. The van der Waals surface area contributed by atoms with Gasteiger partial charge in [-0.1, -0.05) is 24.3 Å². The van der Waals surface area contributed by atoms with E-state index in [4.69, 9.17) is 14.2 Å². The van der Waals surface area contributed by atoms with Crippen LogP contribution in [0.25, 0.3) is 0 Å². The molecule has 3 atom stereocenters. The second kappa shape index (κ2) is 4.82. The summed E-state index contributed by atoms with van der Waals surface area (Å²) in [5.41, 5.74) is 2.74. The molecule has 1 saturated heterocycles. The lowest BCUT2D eigenvalue weighted by Gasteiger charge is -2.39. The number of benzene rings is 2. The van der Waals surface area contributed by atoms with Crippen molar-refractivity contribution in [3.05, 3.63) is 60.2 Å². The molecule has 0 amide bonds. The van der Waals surface area contributed by atoms with E-state index in [0.717, 1.165) is 12.7 Å². The molecule has 3 unspecified atom stereocenters. The molecule has 3 aliphatic heterocycles. The zero-order valence-electron chi connectivity index (χ0n) is 11.7. The van der Waals surface area contributed by atoms with Crippen molar-refractivity contribution in [2.45, 2.75) is 24.4 Å². The Bertz CT molecular complexity index is 866. The summed E-state index contributed by atoms with van der Waals surface area (Å²) in [6.45, 7) is 0. The smallest absolute Gasteiger partial charge is 0.346 e. The molecule has 1 fully saturated rings. The Balaban J connectivity index is 1.63. The highest BCUT2D eigenvalue weighted by molar-refractivity contribution is 14.1. The van der Waals surface area contributed by atoms with Gasteiger partial charge in [0.2, 0.25) is 0 Å². The zero-order chi connectivity index (χ0) is 15.8. The minimum Gasteiger partial charge on any atom is -0.448 e. The van der Waals surface area contributed by atoms with Crippen molar-refractivity contribution in [3.63, 3.8) is 0 Å². The molecule has 0 aliphatic carbocycles. The van der Waals surface area contributed by atoms with Crippen molar-refractivity contribution in [1.29, 1.82) is 0 Å². The number of carbonyl (C=O) groups excluding carboxylic acids is 1. The predicted molar refractivity (Wildman–Crippen MR) is 98.3 cm³/mol. The molecular weight excluding hydrogens is 522 g/mol. The zero-order valence-corrected chi connectivity index (χ0v) is 16.0. The van der Waals surface area contributed by atoms with E-state index in [1.54, 1.807) is 0 Å². The Labute approximate surface area is 159 Å². The van der Waals surface area contributed by atoms with Crippen molar-refractivity contribution >= 4 is 51.2 Å². The number of esters is 1. The van der Waals surface area contributed by atoms with Crippen molar-refractivity contribution in [1.82, 2.24) is 0 Å². The standard InChI is InChI=1S/C17H10I2O4/c18-8-5-11(19)14-12(6-8)22-17(23-16(14)20)7-13-9-3-1-2-4-10(9)15(17)21-13/h1-6,13,15H,7H2. The van der Waals surface area contributed by atoms with Crippen LogP contribution in [-0.4, -0.2) is 11.8 Å². The molecule has 3 heterocycles. The number of hydrogen-bond donors (Lipinski definition) is 0. The van der Waals surface area contributed by atoms with Crippen LogP contribution in [0.5, 0.6) is 5.75 Å². The van der Waals surface area contributed by atoms with Crippen LogP contribution in [0.1, 0.15) is 40.1 Å². The normalized spacial score (nSPS) is 29.9. The van der Waals surface area contributed by atoms with Crippen LogP contribution in [0.4, 0.5) is 0 Å². The fourth-order valence-corrected chi connectivity index (χ4v) is 5.66. The Kier molecular flexibility index (Phi) is 3.04. The Hall–Kier alpha value is -0.870. The third-order valence-electron chi connectivity index (χ3n) is 4.57. The van der Waals surface area contributed by atoms with Gasteiger partial charge in [-0.2, -0.15) is 0 Å². The van der Waals surface area contributed by atoms with E-state index in [0.29, 0.717) is 17.7 Å². The van der Waals surface area contributed by atoms with Crippen LogP contribution >= 0.6 is 45.2 Å². The van der Waals surface area contributed by atoms with Gasteiger partial charge in [0.05, 0.1) is 12.5 Å². The number of rotatable bonds is 0. The molecular formula is C17H10I2O4. The first-order valence-corrected chi connectivity index (χ1v) is 9.39. The number of fused-ring (bicyclic) bond motifs is 7. The Morgan fingerprint density at radius 1 is 1.09 bits per heavy atom. The number of ether oxygens (including phenoxy) is 3. The average molecular weight is 532 g/mol. The quantitative estimate of drug-likeness (QED) is 0.374. The van der Waals surface area contributed by atoms with Crippen LogP contribution in [0, 0.1) is 7.14 Å². The molecule has 0 N–H and O–H groups in total. The molecule has 23 heavy (non-hydrogen) atoms. The second-order valence-corrected chi connectivity index (χ2v) is 8.31. The van der Waals surface area contributed by atoms with Gasteiger partial charge in [-0.3, -0.25) is 0 Å². The monoisotopic (exact) mass is 532 g/mol. The molecule has 0 radical (unpaired) electrons. The number of carbonyl (C=O) groups is 1. The van der Waals surface area contributed by atoms with Gasteiger partial charge in [0, 0.05) is 7.14 Å². The molecule has 4 nitrogen and oxygen atoms in total. The maximum atomic E-state index is 12.6. The minimum absolute atomic E-state index is 0.0765. The van der Waals surface area contributed by atoms with E-state index in [1.807, 2.05) is 30.3 Å². The fourth-order valence-electron chi connectivity index (χ4n) is 3.65. The summed E-state index contributed by atoms with van der Waals surface area (Å²) >= 11 is 4.37. The molecule has 0 aromatic heterocycles. The van der Waals surface area contributed by atoms with Gasteiger partial charge in [-0.05, 0) is 68.4 Å². The average Bonchev–Trinajstić information content (AvgIpc) is 3.02. The Morgan fingerprint density at radius 3 is 2.70 bits per heavy atom. The molecule has 0 saturated carbocycles. The van der Waals surface area contributed by atoms with Gasteiger partial charge in [0.25, 0.3) is 5.79 Å². The van der Waals surface area contributed by atoms with Gasteiger partial charge >= 0.3 is 5.97 Å². The molecule has 5 rings (SSSR count). The van der Waals surface area contributed by atoms with Crippen LogP contribution in [0.15, 0.2) is 36.4 Å². The van der Waals surface area contributed by atoms with Crippen LogP contribution < -0.4 is 4.74 Å². The summed E-state index contributed by atoms with van der Waals surface area (Å²) in [5.74, 6) is -0.789. The molecule has 2 aromatic rings. The van der Waals surface area contributed by atoms with Crippen LogP contribution in [0.2, 0.25) is 0 Å². The van der Waals surface area contributed by atoms with Gasteiger partial charge in [0.15, 0.2) is 6.10 Å². The SMILES string of the molecule is O=C1OC2(CC3OC2c2ccccc23)Oc2cc(I)cc(I)c21. The van der Waals surface area contributed by atoms with Crippen LogP contribution in [0.3, 0.4) is 0 Å². The van der Waals surface area contributed by atoms with E-state index < -0.39 is 5.79 Å². The van der Waals surface area contributed by atoms with E-state index >= 15 is 0 Å². The number of hydrogen-bond acceptors (Lipinski definition) is 4. The maximum absolute atomic E-state index is 12.6. The summed E-state index contributed by atoms with van der Waals surface area (Å²) in [7, 11) is 0. The molecule has 2 aromatic carbocycles. The summed E-state index contributed by atoms with van der Waals surface area (Å²) in [4.78, 5) is 12.6. The van der Waals surface area contributed by atoms with Crippen molar-refractivity contribution in [2.75, 3.05) is 0 Å². The maximum Gasteiger partial charge on any atom is 0.346 e. The van der Waals surface area contributed by atoms with E-state index in [-0.39, 0.29) is 18.2 Å². The lowest BCUT2D eigenvalue weighted by Crippen LogP contribution is -2.48. The van der Waals surface area contributed by atoms with Gasteiger partial charge in [-0.15, -0.1) is 0 Å². The largest absolute Gasteiger partial charge is 0.448 e. The third-order valence-corrected chi connectivity index (χ3v) is 6.04. The highest BCUT2D eigenvalue weighted by atomic mass is 127. The van der Waals surface area contributed by atoms with Crippen molar-refractivity contribution in [2.24, 2.45) is 0 Å². The topological polar surface area (TPSA) is 44.8 Å². The first-order chi connectivity index (χ1) is 11.1. The van der Waals surface area contributed by atoms with E-state index in [1.165, 1.54) is 5.56 Å². The first-order valence-electron chi connectivity index (χ1n) is 7.23. The lowest BCUT2D eigenvalue weighted by molar-refractivity contribution is -0.185. The highest BCUT2D eigenvalue weighted by Crippen LogP contribution is 2.59. The summed E-state index contributed by atoms with van der Waals surface area (Å²) < 4.78 is 19.9. The molecule has 116 valence electrons. The van der Waals surface area contributed by atoms with E-state index in [2.05, 4.69) is 51.2 Å². The van der Waals surface area contributed by atoms with Crippen molar-refractivity contribution < 1.29 is 19.0 Å². The van der Waals surface area contributed by atoms with Crippen molar-refractivity contribution in [3.8, 4) is 5.75 Å². The minimum atomic E-state index is -1.05. The lowest BCUT2D eigenvalue weighted by atomic mass is 9.86. The van der Waals surface area contributed by atoms with Gasteiger partial charge < -0.3 is 14.2 Å².